The molecule has 0 aromatic heterocycles. The lowest BCUT2D eigenvalue weighted by atomic mass is 9.94. The number of fused-ring (bicyclic) bond motifs is 3. The van der Waals surface area contributed by atoms with Gasteiger partial charge in [0.15, 0.2) is 0 Å². The number of hydrogen-bond donors (Lipinski definition) is 0. The first-order valence-electron chi connectivity index (χ1n) is 4.56. The van der Waals surface area contributed by atoms with E-state index in [1.165, 1.54) is 25.9 Å². The van der Waals surface area contributed by atoms with Gasteiger partial charge in [-0.25, -0.2) is 0 Å². The van der Waals surface area contributed by atoms with Crippen molar-refractivity contribution >= 4 is 0 Å². The van der Waals surface area contributed by atoms with Crippen LogP contribution in [0.5, 0.6) is 0 Å². The van der Waals surface area contributed by atoms with Crippen molar-refractivity contribution in [3.05, 3.63) is 0 Å². The summed E-state index contributed by atoms with van der Waals surface area (Å²) in [5.41, 5.74) is 0.671. The first-order chi connectivity index (χ1) is 4.81. The van der Waals surface area contributed by atoms with Crippen LogP contribution in [0.2, 0.25) is 0 Å². The largest absolute Gasteiger partial charge is 0.297 e. The molecule has 2 aliphatic heterocycles. The van der Waals surface area contributed by atoms with Crippen LogP contribution in [0.15, 0.2) is 0 Å². The Balaban J connectivity index is 1.97. The highest BCUT2D eigenvalue weighted by molar-refractivity contribution is 5.14. The monoisotopic (exact) mass is 137 g/mol. The summed E-state index contributed by atoms with van der Waals surface area (Å²) < 4.78 is 0. The van der Waals surface area contributed by atoms with Gasteiger partial charge in [-0.1, -0.05) is 0 Å². The highest BCUT2D eigenvalue weighted by Gasteiger charge is 2.60. The van der Waals surface area contributed by atoms with Crippen LogP contribution in [0, 0.1) is 11.8 Å². The van der Waals surface area contributed by atoms with E-state index >= 15 is 0 Å². The minimum atomic E-state index is 0.671. The summed E-state index contributed by atoms with van der Waals surface area (Å²) in [7, 11) is 0. The lowest BCUT2D eigenvalue weighted by Crippen LogP contribution is -2.38. The third-order valence-corrected chi connectivity index (χ3v) is 4.01. The van der Waals surface area contributed by atoms with E-state index in [1.807, 2.05) is 0 Å². The van der Waals surface area contributed by atoms with Crippen molar-refractivity contribution in [1.29, 1.82) is 0 Å². The molecular weight excluding hydrogens is 122 g/mol. The maximum absolute atomic E-state index is 2.73. The zero-order valence-electron chi connectivity index (χ0n) is 6.64. The first kappa shape index (κ1) is 5.59. The van der Waals surface area contributed by atoms with Crippen molar-refractivity contribution < 1.29 is 0 Å². The fourth-order valence-electron chi connectivity index (χ4n) is 3.26. The second kappa shape index (κ2) is 1.42. The number of piperidine rings is 1. The van der Waals surface area contributed by atoms with Gasteiger partial charge in [-0.15, -0.1) is 0 Å². The zero-order valence-corrected chi connectivity index (χ0v) is 6.64. The molecule has 3 aliphatic rings. The molecule has 0 unspecified atom stereocenters. The van der Waals surface area contributed by atoms with E-state index in [0.29, 0.717) is 5.54 Å². The maximum atomic E-state index is 2.73. The van der Waals surface area contributed by atoms with Crippen LogP contribution in [0.4, 0.5) is 0 Å². The lowest BCUT2D eigenvalue weighted by molar-refractivity contribution is 0.179. The molecule has 10 heavy (non-hydrogen) atoms. The quantitative estimate of drug-likeness (QED) is 0.489. The highest BCUT2D eigenvalue weighted by atomic mass is 15.3. The van der Waals surface area contributed by atoms with Crippen molar-refractivity contribution in [1.82, 2.24) is 4.90 Å². The zero-order chi connectivity index (χ0) is 6.77. The van der Waals surface area contributed by atoms with Gasteiger partial charge in [0, 0.05) is 12.1 Å². The van der Waals surface area contributed by atoms with Gasteiger partial charge in [-0.2, -0.15) is 0 Å². The van der Waals surface area contributed by atoms with Crippen LogP contribution in [-0.2, 0) is 0 Å². The van der Waals surface area contributed by atoms with Gasteiger partial charge in [-0.3, -0.25) is 4.90 Å². The minimum absolute atomic E-state index is 0.671. The Hall–Kier alpha value is -0.0400. The molecule has 2 heterocycles. The number of rotatable bonds is 0. The summed E-state index contributed by atoms with van der Waals surface area (Å²) in [4.78, 5) is 2.73. The van der Waals surface area contributed by atoms with Crippen LogP contribution in [0.3, 0.4) is 0 Å². The fourth-order valence-corrected chi connectivity index (χ4v) is 3.26. The summed E-state index contributed by atoms with van der Waals surface area (Å²) >= 11 is 0. The van der Waals surface area contributed by atoms with Crippen molar-refractivity contribution in [2.75, 3.05) is 13.1 Å². The molecule has 0 bridgehead atoms. The second-order valence-electron chi connectivity index (χ2n) is 4.51. The molecule has 0 spiro atoms. The summed E-state index contributed by atoms with van der Waals surface area (Å²) in [5.74, 6) is 2.22. The Morgan fingerprint density at radius 1 is 1.50 bits per heavy atom. The van der Waals surface area contributed by atoms with Crippen molar-refractivity contribution in [3.8, 4) is 0 Å². The van der Waals surface area contributed by atoms with Crippen molar-refractivity contribution in [2.24, 2.45) is 11.8 Å². The van der Waals surface area contributed by atoms with E-state index in [1.54, 1.807) is 6.42 Å². The topological polar surface area (TPSA) is 3.24 Å². The molecule has 0 aromatic rings. The molecule has 1 aliphatic carbocycles. The van der Waals surface area contributed by atoms with Crippen LogP contribution in [0.25, 0.3) is 0 Å². The summed E-state index contributed by atoms with van der Waals surface area (Å²) in [6.07, 6.45) is 4.49. The van der Waals surface area contributed by atoms with Crippen molar-refractivity contribution in [2.45, 2.75) is 31.7 Å². The molecular formula is C9H15N. The smallest absolute Gasteiger partial charge is 0.0213 e. The molecule has 0 N–H and O–H groups in total. The van der Waals surface area contributed by atoms with E-state index in [4.69, 9.17) is 0 Å². The Morgan fingerprint density at radius 2 is 2.40 bits per heavy atom. The van der Waals surface area contributed by atoms with Gasteiger partial charge < -0.3 is 0 Å². The van der Waals surface area contributed by atoms with E-state index in [9.17, 15) is 0 Å². The summed E-state index contributed by atoms with van der Waals surface area (Å²) in [6, 6.07) is 0. The van der Waals surface area contributed by atoms with Crippen LogP contribution in [-0.4, -0.2) is 23.5 Å². The van der Waals surface area contributed by atoms with Gasteiger partial charge >= 0.3 is 0 Å². The molecule has 0 radical (unpaired) electrons. The van der Waals surface area contributed by atoms with E-state index in [0.717, 1.165) is 11.8 Å². The van der Waals surface area contributed by atoms with E-state index < -0.39 is 0 Å². The molecule has 3 fully saturated rings. The molecule has 1 saturated carbocycles. The van der Waals surface area contributed by atoms with Crippen LogP contribution in [0.1, 0.15) is 26.2 Å². The standard InChI is InChI=1S/C9H15N/c1-9-3-2-4-10(9)6-7-5-8(7)9/h7-8H,2-6H2,1H3/t7-,8-,9-/m0/s1. The molecule has 0 aromatic carbocycles. The SMILES string of the molecule is C[C@@]12CCCN1C[C@@H]1C[C@@H]12. The third-order valence-electron chi connectivity index (χ3n) is 4.01. The van der Waals surface area contributed by atoms with E-state index in [-0.39, 0.29) is 0 Å². The number of nitrogens with zero attached hydrogens (tertiary/aromatic N) is 1. The number of hydrogen-bond acceptors (Lipinski definition) is 1. The Bertz CT molecular complexity index is 178. The van der Waals surface area contributed by atoms with E-state index in [2.05, 4.69) is 11.8 Å². The molecule has 2 saturated heterocycles. The molecule has 0 amide bonds. The molecule has 56 valence electrons. The molecule has 3 atom stereocenters. The van der Waals surface area contributed by atoms with Gasteiger partial charge in [-0.05, 0) is 44.6 Å². The highest BCUT2D eigenvalue weighted by Crippen LogP contribution is 2.59. The first-order valence-corrected chi connectivity index (χ1v) is 4.56. The summed E-state index contributed by atoms with van der Waals surface area (Å²) in [6.45, 7) is 5.31. The normalized spacial score (nSPS) is 58.5. The van der Waals surface area contributed by atoms with Gasteiger partial charge in [0.05, 0.1) is 0 Å². The Kier molecular flexibility index (Phi) is 0.797. The lowest BCUT2D eigenvalue weighted by Gasteiger charge is -2.30. The average molecular weight is 137 g/mol. The molecule has 3 rings (SSSR count). The molecule has 1 heteroatoms. The Morgan fingerprint density at radius 3 is 3.20 bits per heavy atom. The van der Waals surface area contributed by atoms with Gasteiger partial charge in [0.1, 0.15) is 0 Å². The van der Waals surface area contributed by atoms with Crippen LogP contribution >= 0.6 is 0 Å². The predicted molar refractivity (Wildman–Crippen MR) is 40.8 cm³/mol. The molecule has 1 nitrogen and oxygen atoms in total. The third kappa shape index (κ3) is 0.460. The second-order valence-corrected chi connectivity index (χ2v) is 4.51. The van der Waals surface area contributed by atoms with Crippen LogP contribution < -0.4 is 0 Å². The van der Waals surface area contributed by atoms with Gasteiger partial charge in [0.2, 0.25) is 0 Å². The minimum Gasteiger partial charge on any atom is -0.297 e. The van der Waals surface area contributed by atoms with Crippen molar-refractivity contribution in [3.63, 3.8) is 0 Å². The Labute approximate surface area is 62.4 Å². The predicted octanol–water partition coefficient (Wildman–Crippen LogP) is 1.49. The average Bonchev–Trinajstić information content (AvgIpc) is 2.47. The maximum Gasteiger partial charge on any atom is 0.0213 e. The van der Waals surface area contributed by atoms with Gasteiger partial charge in [0.25, 0.3) is 0 Å². The summed E-state index contributed by atoms with van der Waals surface area (Å²) in [5, 5.41) is 0. The fraction of sp³-hybridized carbons (Fsp3) is 1.00.